The molecule has 1 aliphatic rings. The van der Waals surface area contributed by atoms with E-state index in [-0.39, 0.29) is 18.6 Å². The van der Waals surface area contributed by atoms with Gasteiger partial charge >= 0.3 is 0 Å². The van der Waals surface area contributed by atoms with Crippen molar-refractivity contribution in [1.29, 1.82) is 0 Å². The van der Waals surface area contributed by atoms with Crippen LogP contribution in [0, 0.1) is 0 Å². The fourth-order valence-electron chi connectivity index (χ4n) is 2.08. The zero-order valence-electron chi connectivity index (χ0n) is 11.1. The molecule has 1 N–H and O–H groups in total. The summed E-state index contributed by atoms with van der Waals surface area (Å²) in [6.07, 6.45) is 0. The van der Waals surface area contributed by atoms with Crippen molar-refractivity contribution in [2.24, 2.45) is 0 Å². The van der Waals surface area contributed by atoms with Crippen LogP contribution in [0.2, 0.25) is 0 Å². The van der Waals surface area contributed by atoms with Crippen LogP contribution in [0.1, 0.15) is 4.88 Å². The predicted molar refractivity (Wildman–Crippen MR) is 74.1 cm³/mol. The van der Waals surface area contributed by atoms with Gasteiger partial charge < -0.3 is 14.7 Å². The monoisotopic (exact) mass is 284 g/mol. The lowest BCUT2D eigenvalue weighted by Gasteiger charge is -2.34. The van der Waals surface area contributed by atoms with Gasteiger partial charge in [0.25, 0.3) is 0 Å². The Kier molecular flexibility index (Phi) is 5.33. The first kappa shape index (κ1) is 14.5. The number of amides is 1. The number of aliphatic hydroxyl groups is 1. The molecular formula is C13H20N2O3S. The largest absolute Gasteiger partial charge is 0.395 e. The third-order valence-corrected chi connectivity index (χ3v) is 4.16. The number of morpholine rings is 1. The number of ether oxygens (including phenoxy) is 1. The molecule has 2 heterocycles. The van der Waals surface area contributed by atoms with Crippen LogP contribution in [0.3, 0.4) is 0 Å². The van der Waals surface area contributed by atoms with Crippen molar-refractivity contribution in [1.82, 2.24) is 9.80 Å². The van der Waals surface area contributed by atoms with E-state index < -0.39 is 0 Å². The van der Waals surface area contributed by atoms with E-state index in [1.54, 1.807) is 16.2 Å². The fraction of sp³-hybridized carbons (Fsp3) is 0.615. The SMILES string of the molecule is CN(Cc1cccs1)C(=O)CN1CCOCC1CO. The summed E-state index contributed by atoms with van der Waals surface area (Å²) >= 11 is 1.65. The molecule has 0 bridgehead atoms. The fourth-order valence-corrected chi connectivity index (χ4v) is 2.84. The Morgan fingerprint density at radius 1 is 1.68 bits per heavy atom. The van der Waals surface area contributed by atoms with Crippen molar-refractivity contribution >= 4 is 17.2 Å². The van der Waals surface area contributed by atoms with Gasteiger partial charge in [-0.25, -0.2) is 0 Å². The normalized spacial score (nSPS) is 20.4. The molecule has 106 valence electrons. The molecule has 5 nitrogen and oxygen atoms in total. The number of nitrogens with zero attached hydrogens (tertiary/aromatic N) is 2. The van der Waals surface area contributed by atoms with Crippen LogP contribution >= 0.6 is 11.3 Å². The van der Waals surface area contributed by atoms with E-state index in [0.29, 0.717) is 32.8 Å². The van der Waals surface area contributed by atoms with Gasteiger partial charge in [0, 0.05) is 18.5 Å². The lowest BCUT2D eigenvalue weighted by Crippen LogP contribution is -2.51. The number of aliphatic hydroxyl groups excluding tert-OH is 1. The van der Waals surface area contributed by atoms with Gasteiger partial charge in [0.1, 0.15) is 0 Å². The molecule has 6 heteroatoms. The van der Waals surface area contributed by atoms with Crippen LogP contribution in [-0.4, -0.2) is 66.8 Å². The highest BCUT2D eigenvalue weighted by molar-refractivity contribution is 7.09. The van der Waals surface area contributed by atoms with E-state index in [1.807, 2.05) is 29.5 Å². The van der Waals surface area contributed by atoms with Crippen LogP contribution in [0.5, 0.6) is 0 Å². The Morgan fingerprint density at radius 3 is 3.21 bits per heavy atom. The van der Waals surface area contributed by atoms with Crippen molar-refractivity contribution in [3.05, 3.63) is 22.4 Å². The highest BCUT2D eigenvalue weighted by atomic mass is 32.1. The molecule has 1 aliphatic heterocycles. The molecule has 1 amide bonds. The van der Waals surface area contributed by atoms with Crippen LogP contribution in [0.4, 0.5) is 0 Å². The summed E-state index contributed by atoms with van der Waals surface area (Å²) in [7, 11) is 1.82. The molecule has 1 aromatic heterocycles. The van der Waals surface area contributed by atoms with Gasteiger partial charge in [-0.1, -0.05) is 6.07 Å². The molecule has 19 heavy (non-hydrogen) atoms. The summed E-state index contributed by atoms with van der Waals surface area (Å²) in [5, 5.41) is 11.3. The third kappa shape index (κ3) is 4.01. The number of hydrogen-bond acceptors (Lipinski definition) is 5. The number of likely N-dealkylation sites (N-methyl/N-ethyl adjacent to an activating group) is 1. The maximum absolute atomic E-state index is 12.2. The number of thiophene rings is 1. The second-order valence-corrected chi connectivity index (χ2v) is 5.74. The molecule has 2 rings (SSSR count). The second kappa shape index (κ2) is 7.00. The van der Waals surface area contributed by atoms with Crippen LogP contribution in [0.15, 0.2) is 17.5 Å². The number of hydrogen-bond donors (Lipinski definition) is 1. The minimum absolute atomic E-state index is 0.0297. The molecule has 0 aromatic carbocycles. The zero-order chi connectivity index (χ0) is 13.7. The Bertz CT molecular complexity index is 397. The molecule has 0 saturated carbocycles. The van der Waals surface area contributed by atoms with Crippen LogP contribution in [-0.2, 0) is 16.1 Å². The summed E-state index contributed by atoms with van der Waals surface area (Å²) in [4.78, 5) is 17.1. The molecule has 1 atom stereocenters. The average molecular weight is 284 g/mol. The van der Waals surface area contributed by atoms with Crippen molar-refractivity contribution in [2.45, 2.75) is 12.6 Å². The molecule has 1 fully saturated rings. The lowest BCUT2D eigenvalue weighted by atomic mass is 10.2. The molecule has 1 aromatic rings. The number of carbonyl (C=O) groups excluding carboxylic acids is 1. The standard InChI is InChI=1S/C13H20N2O3S/c1-14(7-12-3-2-6-19-12)13(17)8-15-4-5-18-10-11(15)9-16/h2-3,6,11,16H,4-5,7-10H2,1H3. The van der Waals surface area contributed by atoms with Gasteiger partial charge in [-0.2, -0.15) is 0 Å². The maximum Gasteiger partial charge on any atom is 0.236 e. The van der Waals surface area contributed by atoms with Gasteiger partial charge in [0.2, 0.25) is 5.91 Å². The summed E-state index contributed by atoms with van der Waals surface area (Å²) in [6, 6.07) is 3.95. The van der Waals surface area contributed by atoms with Gasteiger partial charge in [-0.3, -0.25) is 9.69 Å². The van der Waals surface area contributed by atoms with Crippen molar-refractivity contribution < 1.29 is 14.6 Å². The first-order valence-electron chi connectivity index (χ1n) is 6.39. The molecule has 0 spiro atoms. The van der Waals surface area contributed by atoms with Crippen LogP contribution < -0.4 is 0 Å². The second-order valence-electron chi connectivity index (χ2n) is 4.71. The van der Waals surface area contributed by atoms with Gasteiger partial charge in [0.05, 0.1) is 39.0 Å². The van der Waals surface area contributed by atoms with Gasteiger partial charge in [-0.05, 0) is 11.4 Å². The minimum Gasteiger partial charge on any atom is -0.395 e. The molecule has 1 unspecified atom stereocenters. The minimum atomic E-state index is -0.0622. The molecule has 0 radical (unpaired) electrons. The summed E-state index contributed by atoms with van der Waals surface area (Å²) in [5.41, 5.74) is 0. The Labute approximate surface area is 117 Å². The third-order valence-electron chi connectivity index (χ3n) is 3.30. The van der Waals surface area contributed by atoms with Gasteiger partial charge in [0.15, 0.2) is 0 Å². The zero-order valence-corrected chi connectivity index (χ0v) is 11.9. The Balaban J connectivity index is 1.85. The smallest absolute Gasteiger partial charge is 0.236 e. The average Bonchev–Trinajstić information content (AvgIpc) is 2.92. The van der Waals surface area contributed by atoms with E-state index in [4.69, 9.17) is 4.74 Å². The Hall–Kier alpha value is -0.950. The first-order valence-corrected chi connectivity index (χ1v) is 7.27. The lowest BCUT2D eigenvalue weighted by molar-refractivity contribution is -0.134. The maximum atomic E-state index is 12.2. The first-order chi connectivity index (χ1) is 9.20. The van der Waals surface area contributed by atoms with Crippen molar-refractivity contribution in [2.75, 3.05) is 40.0 Å². The number of rotatable bonds is 5. The van der Waals surface area contributed by atoms with E-state index in [9.17, 15) is 9.90 Å². The van der Waals surface area contributed by atoms with Crippen molar-refractivity contribution in [3.63, 3.8) is 0 Å². The van der Waals surface area contributed by atoms with E-state index in [2.05, 4.69) is 0 Å². The van der Waals surface area contributed by atoms with E-state index >= 15 is 0 Å². The van der Waals surface area contributed by atoms with Crippen molar-refractivity contribution in [3.8, 4) is 0 Å². The molecular weight excluding hydrogens is 264 g/mol. The van der Waals surface area contributed by atoms with E-state index in [0.717, 1.165) is 0 Å². The summed E-state index contributed by atoms with van der Waals surface area (Å²) in [5.74, 6) is 0.0775. The summed E-state index contributed by atoms with van der Waals surface area (Å²) < 4.78 is 5.31. The predicted octanol–water partition coefficient (Wildman–Crippen LogP) is 0.400. The van der Waals surface area contributed by atoms with Crippen LogP contribution in [0.25, 0.3) is 0 Å². The quantitative estimate of drug-likeness (QED) is 0.850. The molecule has 0 aliphatic carbocycles. The highest BCUT2D eigenvalue weighted by Gasteiger charge is 2.25. The topological polar surface area (TPSA) is 53.0 Å². The van der Waals surface area contributed by atoms with Gasteiger partial charge in [-0.15, -0.1) is 11.3 Å². The highest BCUT2D eigenvalue weighted by Crippen LogP contribution is 2.12. The molecule has 1 saturated heterocycles. The number of carbonyl (C=O) groups is 1. The van der Waals surface area contributed by atoms with E-state index in [1.165, 1.54) is 4.88 Å². The Morgan fingerprint density at radius 2 is 2.53 bits per heavy atom. The summed E-state index contributed by atoms with van der Waals surface area (Å²) in [6.45, 7) is 2.84.